The molecule has 0 saturated carbocycles. The van der Waals surface area contributed by atoms with E-state index in [9.17, 15) is 9.59 Å². The first kappa shape index (κ1) is 18.6. The number of methoxy groups -OCH3 is 2. The molecule has 7 nitrogen and oxygen atoms in total. The number of para-hydroxylation sites is 1. The Bertz CT molecular complexity index is 671. The quantitative estimate of drug-likeness (QED) is 0.772. The molecule has 0 spiro atoms. The van der Waals surface area contributed by atoms with Gasteiger partial charge >= 0.3 is 12.0 Å². The fourth-order valence-electron chi connectivity index (χ4n) is 2.96. The number of nitrogens with one attached hydrogen (secondary N) is 2. The molecule has 2 unspecified atom stereocenters. The lowest BCUT2D eigenvalue weighted by molar-refractivity contribution is -0.147. The first-order chi connectivity index (χ1) is 12.1. The summed E-state index contributed by atoms with van der Waals surface area (Å²) in [4.78, 5) is 24.7. The number of rotatable bonds is 6. The van der Waals surface area contributed by atoms with Gasteiger partial charge in [0.05, 0.1) is 26.9 Å². The summed E-state index contributed by atoms with van der Waals surface area (Å²) < 4.78 is 16.0. The molecule has 0 radical (unpaired) electrons. The number of carbonyl (C=O) groups is 2. The fourth-order valence-corrected chi connectivity index (χ4v) is 2.96. The van der Waals surface area contributed by atoms with Gasteiger partial charge in [-0.15, -0.1) is 0 Å². The van der Waals surface area contributed by atoms with Crippen LogP contribution in [0.4, 0.5) is 4.79 Å². The fraction of sp³-hybridized carbons (Fsp3) is 0.444. The number of urea groups is 1. The standard InChI is InChI=1S/C18H24N2O5/c1-5-8-12-14(17(21)25-6-2)15(20-18(22)19-12)11-9-7-10-13(23-3)16(11)24-4/h7-10,14-15H,5-6H2,1-4H3,(H2,19,20,22). The minimum atomic E-state index is -0.696. The Morgan fingerprint density at radius 2 is 2.00 bits per heavy atom. The Kier molecular flexibility index (Phi) is 6.27. The monoisotopic (exact) mass is 348 g/mol. The van der Waals surface area contributed by atoms with E-state index in [-0.39, 0.29) is 12.6 Å². The predicted octanol–water partition coefficient (Wildman–Crippen LogP) is 2.53. The summed E-state index contributed by atoms with van der Waals surface area (Å²) in [5.41, 5.74) is 1.18. The molecule has 0 aromatic heterocycles. The average molecular weight is 348 g/mol. The smallest absolute Gasteiger partial charge is 0.319 e. The lowest BCUT2D eigenvalue weighted by atomic mass is 9.87. The van der Waals surface area contributed by atoms with E-state index in [0.717, 1.165) is 0 Å². The van der Waals surface area contributed by atoms with Crippen LogP contribution in [0.3, 0.4) is 0 Å². The van der Waals surface area contributed by atoms with Gasteiger partial charge in [-0.2, -0.15) is 0 Å². The van der Waals surface area contributed by atoms with Gasteiger partial charge in [0.2, 0.25) is 0 Å². The Hall–Kier alpha value is -2.70. The van der Waals surface area contributed by atoms with Crippen LogP contribution in [0.2, 0.25) is 0 Å². The molecule has 2 N–H and O–H groups in total. The van der Waals surface area contributed by atoms with Crippen LogP contribution in [0.15, 0.2) is 30.0 Å². The van der Waals surface area contributed by atoms with Gasteiger partial charge in [-0.1, -0.05) is 25.1 Å². The summed E-state index contributed by atoms with van der Waals surface area (Å²) in [6.45, 7) is 3.94. The van der Waals surface area contributed by atoms with Crippen molar-refractivity contribution in [3.63, 3.8) is 0 Å². The highest BCUT2D eigenvalue weighted by Gasteiger charge is 2.41. The Balaban J connectivity index is 2.56. The number of ether oxygens (including phenoxy) is 3. The maximum Gasteiger partial charge on any atom is 0.319 e. The lowest BCUT2D eigenvalue weighted by Gasteiger charge is -2.34. The number of carbonyl (C=O) groups excluding carboxylic acids is 2. The third-order valence-electron chi connectivity index (χ3n) is 3.95. The Morgan fingerprint density at radius 1 is 1.24 bits per heavy atom. The summed E-state index contributed by atoms with van der Waals surface area (Å²) >= 11 is 0. The van der Waals surface area contributed by atoms with Crippen molar-refractivity contribution < 1.29 is 23.8 Å². The van der Waals surface area contributed by atoms with Crippen LogP contribution in [-0.2, 0) is 9.53 Å². The molecule has 1 aromatic rings. The van der Waals surface area contributed by atoms with Crippen LogP contribution in [-0.4, -0.2) is 32.8 Å². The molecule has 1 aliphatic heterocycles. The largest absolute Gasteiger partial charge is 0.493 e. The molecule has 0 aliphatic carbocycles. The number of benzene rings is 1. The van der Waals surface area contributed by atoms with Crippen LogP contribution < -0.4 is 20.1 Å². The molecule has 2 atom stereocenters. The third-order valence-corrected chi connectivity index (χ3v) is 3.95. The van der Waals surface area contributed by atoms with Crippen molar-refractivity contribution in [1.82, 2.24) is 10.6 Å². The third kappa shape index (κ3) is 3.87. The average Bonchev–Trinajstić information content (AvgIpc) is 2.60. The van der Waals surface area contributed by atoms with E-state index in [1.807, 2.05) is 13.0 Å². The second kappa shape index (κ2) is 8.41. The molecule has 2 amide bonds. The minimum absolute atomic E-state index is 0.255. The number of esters is 1. The van der Waals surface area contributed by atoms with Gasteiger partial charge in [0.25, 0.3) is 0 Å². The van der Waals surface area contributed by atoms with E-state index in [0.29, 0.717) is 29.2 Å². The molecule has 7 heteroatoms. The molecule has 1 heterocycles. The number of hydrogen-bond donors (Lipinski definition) is 2. The predicted molar refractivity (Wildman–Crippen MR) is 92.5 cm³/mol. The zero-order valence-corrected chi connectivity index (χ0v) is 14.9. The van der Waals surface area contributed by atoms with Gasteiger partial charge in [-0.25, -0.2) is 4.79 Å². The van der Waals surface area contributed by atoms with Crippen LogP contribution in [0.5, 0.6) is 11.5 Å². The van der Waals surface area contributed by atoms with Crippen LogP contribution >= 0.6 is 0 Å². The van der Waals surface area contributed by atoms with Crippen molar-refractivity contribution in [3.8, 4) is 11.5 Å². The minimum Gasteiger partial charge on any atom is -0.493 e. The van der Waals surface area contributed by atoms with E-state index in [4.69, 9.17) is 14.2 Å². The van der Waals surface area contributed by atoms with E-state index < -0.39 is 17.9 Å². The van der Waals surface area contributed by atoms with Gasteiger partial charge in [-0.05, 0) is 19.4 Å². The topological polar surface area (TPSA) is 85.9 Å². The molecule has 1 saturated heterocycles. The molecular formula is C18H24N2O5. The highest BCUT2D eigenvalue weighted by molar-refractivity contribution is 5.86. The van der Waals surface area contributed by atoms with Crippen molar-refractivity contribution >= 4 is 12.0 Å². The van der Waals surface area contributed by atoms with Crippen molar-refractivity contribution in [3.05, 3.63) is 35.5 Å². The van der Waals surface area contributed by atoms with Crippen molar-refractivity contribution in [2.45, 2.75) is 26.3 Å². The van der Waals surface area contributed by atoms with Gasteiger partial charge in [0.15, 0.2) is 11.5 Å². The summed E-state index contributed by atoms with van der Waals surface area (Å²) in [6.07, 6.45) is 2.49. The van der Waals surface area contributed by atoms with Gasteiger partial charge in [0.1, 0.15) is 5.92 Å². The molecule has 136 valence electrons. The molecule has 25 heavy (non-hydrogen) atoms. The molecular weight excluding hydrogens is 324 g/mol. The van der Waals surface area contributed by atoms with Crippen molar-refractivity contribution in [2.75, 3.05) is 20.8 Å². The van der Waals surface area contributed by atoms with Crippen molar-refractivity contribution in [2.24, 2.45) is 5.92 Å². The maximum absolute atomic E-state index is 12.6. The maximum atomic E-state index is 12.6. The zero-order valence-electron chi connectivity index (χ0n) is 14.9. The molecule has 0 bridgehead atoms. The zero-order chi connectivity index (χ0) is 18.4. The second-order valence-electron chi connectivity index (χ2n) is 5.46. The van der Waals surface area contributed by atoms with E-state index in [1.165, 1.54) is 14.2 Å². The Labute approximate surface area is 147 Å². The van der Waals surface area contributed by atoms with Crippen LogP contribution in [0.1, 0.15) is 31.9 Å². The Morgan fingerprint density at radius 3 is 2.60 bits per heavy atom. The van der Waals surface area contributed by atoms with E-state index in [1.54, 1.807) is 25.1 Å². The lowest BCUT2D eigenvalue weighted by Crippen LogP contribution is -2.51. The highest BCUT2D eigenvalue weighted by atomic mass is 16.5. The summed E-state index contributed by atoms with van der Waals surface area (Å²) in [7, 11) is 3.06. The van der Waals surface area contributed by atoms with E-state index >= 15 is 0 Å². The first-order valence-corrected chi connectivity index (χ1v) is 8.22. The highest BCUT2D eigenvalue weighted by Crippen LogP contribution is 2.40. The van der Waals surface area contributed by atoms with Gasteiger partial charge < -0.3 is 24.8 Å². The van der Waals surface area contributed by atoms with Gasteiger partial charge in [0, 0.05) is 11.3 Å². The molecule has 1 fully saturated rings. The van der Waals surface area contributed by atoms with Crippen LogP contribution in [0, 0.1) is 5.92 Å². The number of amides is 2. The summed E-state index contributed by atoms with van der Waals surface area (Å²) in [5, 5.41) is 5.52. The normalized spacial score (nSPS) is 21.3. The van der Waals surface area contributed by atoms with E-state index in [2.05, 4.69) is 10.6 Å². The summed E-state index contributed by atoms with van der Waals surface area (Å²) in [5.74, 6) is -0.109. The second-order valence-corrected chi connectivity index (χ2v) is 5.46. The number of hydrogen-bond acceptors (Lipinski definition) is 5. The molecule has 1 aliphatic rings. The SMILES string of the molecule is CCC=C1NC(=O)NC(c2cccc(OC)c2OC)C1C(=O)OCC. The first-order valence-electron chi connectivity index (χ1n) is 8.22. The summed E-state index contributed by atoms with van der Waals surface area (Å²) in [6, 6.07) is 4.34. The molecule has 1 aromatic carbocycles. The number of allylic oxidation sites excluding steroid dienone is 1. The van der Waals surface area contributed by atoms with Crippen LogP contribution in [0.25, 0.3) is 0 Å². The molecule has 2 rings (SSSR count). The van der Waals surface area contributed by atoms with Gasteiger partial charge in [-0.3, -0.25) is 4.79 Å². The van der Waals surface area contributed by atoms with Crippen molar-refractivity contribution in [1.29, 1.82) is 0 Å².